The number of aromatic nitrogens is 3. The molecular formula is C23H30ClN7O3S. The Labute approximate surface area is 210 Å². The third-order valence-electron chi connectivity index (χ3n) is 6.36. The third kappa shape index (κ3) is 5.07. The van der Waals surface area contributed by atoms with E-state index in [0.717, 1.165) is 48.4 Å². The Morgan fingerprint density at radius 3 is 2.69 bits per heavy atom. The number of halogens is 1. The van der Waals surface area contributed by atoms with Crippen LogP contribution in [-0.4, -0.2) is 66.3 Å². The van der Waals surface area contributed by atoms with Crippen LogP contribution in [0, 0.1) is 13.8 Å². The molecule has 1 aliphatic heterocycles. The molecule has 0 unspecified atom stereocenters. The van der Waals surface area contributed by atoms with Crippen LogP contribution in [0.1, 0.15) is 46.6 Å². The van der Waals surface area contributed by atoms with E-state index in [2.05, 4.69) is 9.62 Å². The lowest BCUT2D eigenvalue weighted by Crippen LogP contribution is -2.31. The largest absolute Gasteiger partial charge is 0.355 e. The fraction of sp³-hybridized carbons (Fsp3) is 0.435. The molecule has 1 amide bonds. The number of amides is 1. The fourth-order valence-electron chi connectivity index (χ4n) is 4.41. The summed E-state index contributed by atoms with van der Waals surface area (Å²) >= 11 is 6.12. The average Bonchev–Trinajstić information content (AvgIpc) is 3.34. The molecule has 3 aromatic rings. The monoisotopic (exact) mass is 519 g/mol. The van der Waals surface area contributed by atoms with Gasteiger partial charge in [-0.2, -0.15) is 5.10 Å². The van der Waals surface area contributed by atoms with Gasteiger partial charge in [0.15, 0.2) is 5.65 Å². The highest BCUT2D eigenvalue weighted by Crippen LogP contribution is 2.30. The van der Waals surface area contributed by atoms with Gasteiger partial charge in [0.25, 0.3) is 5.91 Å². The lowest BCUT2D eigenvalue weighted by molar-refractivity contribution is 0.0740. The van der Waals surface area contributed by atoms with E-state index >= 15 is 0 Å². The van der Waals surface area contributed by atoms with Gasteiger partial charge in [0, 0.05) is 48.5 Å². The molecule has 4 rings (SSSR count). The summed E-state index contributed by atoms with van der Waals surface area (Å²) in [7, 11) is -1.94. The minimum Gasteiger partial charge on any atom is -0.355 e. The topological polar surface area (TPSA) is 126 Å². The Hall–Kier alpha value is -2.89. The van der Waals surface area contributed by atoms with Crippen molar-refractivity contribution in [3.05, 3.63) is 51.8 Å². The van der Waals surface area contributed by atoms with E-state index in [4.69, 9.17) is 27.4 Å². The van der Waals surface area contributed by atoms with Crippen molar-refractivity contribution in [1.29, 1.82) is 0 Å². The van der Waals surface area contributed by atoms with E-state index in [1.165, 1.54) is 23.1 Å². The molecule has 2 aromatic heterocycles. The molecule has 0 bridgehead atoms. The highest BCUT2D eigenvalue weighted by atomic mass is 35.5. The third-order valence-corrected chi connectivity index (χ3v) is 7.19. The van der Waals surface area contributed by atoms with E-state index in [-0.39, 0.29) is 17.3 Å². The first kappa shape index (κ1) is 25.2. The fourth-order valence-corrected chi connectivity index (χ4v) is 5.16. The van der Waals surface area contributed by atoms with Crippen molar-refractivity contribution in [2.75, 3.05) is 36.0 Å². The number of anilines is 2. The number of sulfonamides is 1. The first-order valence-electron chi connectivity index (χ1n) is 11.3. The van der Waals surface area contributed by atoms with Gasteiger partial charge in [0.2, 0.25) is 10.0 Å². The molecule has 0 radical (unpaired) electrons. The van der Waals surface area contributed by atoms with Crippen LogP contribution < -0.4 is 15.4 Å². The van der Waals surface area contributed by atoms with Gasteiger partial charge in [-0.3, -0.25) is 9.52 Å². The molecule has 3 N–H and O–H groups in total. The zero-order valence-corrected chi connectivity index (χ0v) is 22.0. The molecule has 12 heteroatoms. The van der Waals surface area contributed by atoms with Gasteiger partial charge in [0.05, 0.1) is 29.2 Å². The number of rotatable bonds is 6. The minimum atomic E-state index is -3.59. The number of hydrogen-bond donors (Lipinski definition) is 2. The zero-order valence-electron chi connectivity index (χ0n) is 20.4. The first-order valence-corrected chi connectivity index (χ1v) is 13.5. The molecule has 10 nitrogen and oxygen atoms in total. The number of benzene rings is 1. The molecule has 1 aromatic carbocycles. The summed E-state index contributed by atoms with van der Waals surface area (Å²) < 4.78 is 27.7. The standard InChI is InChI=1S/C23H30ClN7O3S/c1-13-11-31-22(26-21(13)30-9-8-17(25)12-30)14(2)20(27-31)15(3)29(4)23(32)18-10-16(24)6-7-19(18)28-35(5,33)34/h6-7,10-11,15,17,28H,8-9,12,25H2,1-5H3/t15-,17-/m0/s1. The van der Waals surface area contributed by atoms with E-state index in [1.807, 2.05) is 27.0 Å². The van der Waals surface area contributed by atoms with Crippen molar-refractivity contribution < 1.29 is 13.2 Å². The summed E-state index contributed by atoms with van der Waals surface area (Å²) in [6.07, 6.45) is 3.90. The van der Waals surface area contributed by atoms with Crippen LogP contribution in [0.4, 0.5) is 11.5 Å². The molecule has 1 aliphatic rings. The summed E-state index contributed by atoms with van der Waals surface area (Å²) in [6, 6.07) is 4.18. The normalized spacial score (nSPS) is 17.1. The summed E-state index contributed by atoms with van der Waals surface area (Å²) in [5.41, 5.74) is 9.68. The molecule has 2 atom stereocenters. The second kappa shape index (κ2) is 9.29. The Morgan fingerprint density at radius 1 is 1.34 bits per heavy atom. The van der Waals surface area contributed by atoms with Crippen LogP contribution in [0.15, 0.2) is 24.4 Å². The van der Waals surface area contributed by atoms with Crippen LogP contribution in [0.5, 0.6) is 0 Å². The SMILES string of the molecule is Cc1cn2nc([C@H](C)N(C)C(=O)c3cc(Cl)ccc3NS(C)(=O)=O)c(C)c2nc1N1CC[C@H](N)C1. The first-order chi connectivity index (χ1) is 16.4. The van der Waals surface area contributed by atoms with E-state index in [9.17, 15) is 13.2 Å². The summed E-state index contributed by atoms with van der Waals surface area (Å²) in [6.45, 7) is 7.43. The number of hydrogen-bond acceptors (Lipinski definition) is 7. The van der Waals surface area contributed by atoms with Crippen molar-refractivity contribution in [2.45, 2.75) is 39.3 Å². The Morgan fingerprint density at radius 2 is 2.06 bits per heavy atom. The Balaban J connectivity index is 1.68. The van der Waals surface area contributed by atoms with Gasteiger partial charge < -0.3 is 15.5 Å². The van der Waals surface area contributed by atoms with Crippen molar-refractivity contribution in [2.24, 2.45) is 5.73 Å². The maximum atomic E-state index is 13.4. The van der Waals surface area contributed by atoms with E-state index in [1.54, 1.807) is 11.6 Å². The zero-order chi connectivity index (χ0) is 25.7. The number of aryl methyl sites for hydroxylation is 2. The minimum absolute atomic E-state index is 0.141. The average molecular weight is 520 g/mol. The highest BCUT2D eigenvalue weighted by molar-refractivity contribution is 7.92. The van der Waals surface area contributed by atoms with Crippen molar-refractivity contribution in [3.8, 4) is 0 Å². The number of fused-ring (bicyclic) bond motifs is 1. The summed E-state index contributed by atoms with van der Waals surface area (Å²) in [5.74, 6) is 0.506. The molecule has 0 saturated carbocycles. The van der Waals surface area contributed by atoms with Gasteiger partial charge in [-0.1, -0.05) is 11.6 Å². The molecule has 35 heavy (non-hydrogen) atoms. The van der Waals surface area contributed by atoms with Crippen LogP contribution in [0.3, 0.4) is 0 Å². The number of nitrogens with two attached hydrogens (primary N) is 1. The van der Waals surface area contributed by atoms with Gasteiger partial charge in [-0.15, -0.1) is 0 Å². The van der Waals surface area contributed by atoms with Gasteiger partial charge in [0.1, 0.15) is 5.82 Å². The van der Waals surface area contributed by atoms with Gasteiger partial charge in [-0.25, -0.2) is 17.9 Å². The predicted molar refractivity (Wildman–Crippen MR) is 138 cm³/mol. The molecule has 0 spiro atoms. The molecule has 3 heterocycles. The second-order valence-corrected chi connectivity index (χ2v) is 11.4. The van der Waals surface area contributed by atoms with Crippen LogP contribution in [0.25, 0.3) is 5.65 Å². The summed E-state index contributed by atoms with van der Waals surface area (Å²) in [4.78, 5) is 22.0. The number of nitrogens with zero attached hydrogens (tertiary/aromatic N) is 5. The molecule has 1 fully saturated rings. The van der Waals surface area contributed by atoms with E-state index < -0.39 is 22.0 Å². The molecule has 1 saturated heterocycles. The predicted octanol–water partition coefficient (Wildman–Crippen LogP) is 2.74. The lowest BCUT2D eigenvalue weighted by Gasteiger charge is -2.25. The Kier molecular flexibility index (Phi) is 6.69. The molecule has 0 aliphatic carbocycles. The van der Waals surface area contributed by atoms with Crippen molar-refractivity contribution in [3.63, 3.8) is 0 Å². The summed E-state index contributed by atoms with van der Waals surface area (Å²) in [5, 5.41) is 5.06. The quantitative estimate of drug-likeness (QED) is 0.512. The van der Waals surface area contributed by atoms with Gasteiger partial charge in [-0.05, 0) is 45.4 Å². The van der Waals surface area contributed by atoms with Crippen LogP contribution >= 0.6 is 11.6 Å². The smallest absolute Gasteiger partial charge is 0.256 e. The van der Waals surface area contributed by atoms with Crippen LogP contribution in [0.2, 0.25) is 5.02 Å². The highest BCUT2D eigenvalue weighted by Gasteiger charge is 2.28. The maximum Gasteiger partial charge on any atom is 0.256 e. The number of nitrogens with one attached hydrogen (secondary N) is 1. The van der Waals surface area contributed by atoms with Crippen molar-refractivity contribution in [1.82, 2.24) is 19.5 Å². The molecular weight excluding hydrogens is 490 g/mol. The number of carbonyl (C=O) groups is 1. The van der Waals surface area contributed by atoms with Gasteiger partial charge >= 0.3 is 0 Å². The van der Waals surface area contributed by atoms with Crippen LogP contribution in [-0.2, 0) is 10.0 Å². The Bertz CT molecular complexity index is 1410. The van der Waals surface area contributed by atoms with Crippen molar-refractivity contribution >= 4 is 44.7 Å². The van der Waals surface area contributed by atoms with E-state index in [0.29, 0.717) is 10.7 Å². The number of carbonyl (C=O) groups excluding carboxylic acids is 1. The lowest BCUT2D eigenvalue weighted by atomic mass is 10.1. The second-order valence-electron chi connectivity index (χ2n) is 9.18. The molecule has 188 valence electrons. The maximum absolute atomic E-state index is 13.4.